The number of methoxy groups -OCH3 is 1. The van der Waals surface area contributed by atoms with Gasteiger partial charge in [-0.2, -0.15) is 0 Å². The molecule has 0 radical (unpaired) electrons. The van der Waals surface area contributed by atoms with Gasteiger partial charge in [-0.3, -0.25) is 0 Å². The highest BCUT2D eigenvalue weighted by Gasteiger charge is 2.39. The summed E-state index contributed by atoms with van der Waals surface area (Å²) in [6.45, 7) is 18.5. The summed E-state index contributed by atoms with van der Waals surface area (Å²) in [5, 5.41) is 23.1. The van der Waals surface area contributed by atoms with E-state index < -0.39 is 11.9 Å². The van der Waals surface area contributed by atoms with Crippen molar-refractivity contribution in [2.45, 2.75) is 103 Å². The van der Waals surface area contributed by atoms with Gasteiger partial charge in [0.1, 0.15) is 5.75 Å². The molecule has 5 nitrogen and oxygen atoms in total. The van der Waals surface area contributed by atoms with E-state index in [9.17, 15) is 19.8 Å². The van der Waals surface area contributed by atoms with E-state index in [1.165, 1.54) is 22.3 Å². The van der Waals surface area contributed by atoms with Crippen molar-refractivity contribution < 1.29 is 24.5 Å². The summed E-state index contributed by atoms with van der Waals surface area (Å²) in [6.07, 6.45) is 4.64. The number of halogens is 1. The van der Waals surface area contributed by atoms with E-state index in [4.69, 9.17) is 16.3 Å². The van der Waals surface area contributed by atoms with E-state index in [0.29, 0.717) is 11.1 Å². The summed E-state index contributed by atoms with van der Waals surface area (Å²) in [4.78, 5) is 22.5. The van der Waals surface area contributed by atoms with Crippen molar-refractivity contribution in [3.05, 3.63) is 135 Å². The van der Waals surface area contributed by atoms with E-state index in [-0.39, 0.29) is 21.7 Å². The third-order valence-corrected chi connectivity index (χ3v) is 13.2. The predicted molar refractivity (Wildman–Crippen MR) is 235 cm³/mol. The molecule has 0 aliphatic heterocycles. The third-order valence-electron chi connectivity index (χ3n) is 12.9. The van der Waals surface area contributed by atoms with Crippen LogP contribution in [0.15, 0.2) is 97.1 Å². The number of rotatable bonds is 5. The number of ether oxygens (including phenoxy) is 1. The zero-order valence-electron chi connectivity index (χ0n) is 34.6. The van der Waals surface area contributed by atoms with Crippen LogP contribution in [0, 0.1) is 0 Å². The fourth-order valence-electron chi connectivity index (χ4n) is 8.89. The first-order valence-corrected chi connectivity index (χ1v) is 20.2. The quantitative estimate of drug-likeness (QED) is 0.182. The topological polar surface area (TPSA) is 83.8 Å². The third kappa shape index (κ3) is 7.55. The number of aromatic carboxylic acids is 2. The number of hydrogen-bond donors (Lipinski definition) is 2. The minimum absolute atomic E-state index is 0.122. The van der Waals surface area contributed by atoms with Crippen molar-refractivity contribution in [2.75, 3.05) is 7.11 Å². The van der Waals surface area contributed by atoms with Gasteiger partial charge in [0.2, 0.25) is 0 Å². The molecule has 2 N–H and O–H groups in total. The van der Waals surface area contributed by atoms with Gasteiger partial charge in [0.05, 0.1) is 18.2 Å². The van der Waals surface area contributed by atoms with Crippen molar-refractivity contribution >= 4 is 45.1 Å². The van der Waals surface area contributed by atoms with Crippen LogP contribution in [0.1, 0.15) is 124 Å². The molecule has 6 aromatic rings. The predicted octanol–water partition coefficient (Wildman–Crippen LogP) is 13.8. The maximum absolute atomic E-state index is 11.2. The molecule has 6 heteroatoms. The molecule has 0 aromatic heterocycles. The Bertz CT molecular complexity index is 2590. The Morgan fingerprint density at radius 1 is 0.491 bits per heavy atom. The zero-order valence-corrected chi connectivity index (χ0v) is 35.3. The zero-order chi connectivity index (χ0) is 41.2. The number of hydrogen-bond acceptors (Lipinski definition) is 3. The van der Waals surface area contributed by atoms with Gasteiger partial charge in [-0.25, -0.2) is 9.59 Å². The minimum Gasteiger partial charge on any atom is -0.496 e. The number of carbonyl (C=O) groups is 2. The molecular formula is C51H53ClO5. The first-order valence-electron chi connectivity index (χ1n) is 19.8. The molecule has 0 saturated heterocycles. The molecule has 0 unspecified atom stereocenters. The number of benzene rings is 6. The lowest BCUT2D eigenvalue weighted by Gasteiger charge is -2.42. The second-order valence-electron chi connectivity index (χ2n) is 18.7. The Kier molecular flexibility index (Phi) is 10.1. The van der Waals surface area contributed by atoms with Crippen molar-refractivity contribution in [1.82, 2.24) is 0 Å². The first kappa shape index (κ1) is 40.1. The summed E-state index contributed by atoms with van der Waals surface area (Å²) >= 11 is 6.76. The van der Waals surface area contributed by atoms with Gasteiger partial charge < -0.3 is 14.9 Å². The van der Waals surface area contributed by atoms with Crippen LogP contribution >= 0.6 is 11.6 Å². The largest absolute Gasteiger partial charge is 0.496 e. The number of fused-ring (bicyclic) bond motifs is 4. The van der Waals surface area contributed by atoms with Crippen LogP contribution in [0.25, 0.3) is 43.8 Å². The van der Waals surface area contributed by atoms with Crippen LogP contribution in [-0.4, -0.2) is 29.3 Å². The Labute approximate surface area is 341 Å². The fraction of sp³-hybridized carbons (Fsp3) is 0.333. The summed E-state index contributed by atoms with van der Waals surface area (Å²) in [6, 6.07) is 31.7. The molecule has 8 rings (SSSR count). The number of carboxylic acids is 2. The Hall–Kier alpha value is -5.13. The Balaban J connectivity index is 0.000000174. The fourth-order valence-corrected chi connectivity index (χ4v) is 9.16. The standard InChI is InChI=1S/C26H28O3.C25H25ClO2/c1-25(2)10-11-26(3,4)22-15-23(29-5)20(14-21(22)25)18-8-6-17-13-19(24(27)28)9-7-16(17)12-18;1-24(2)9-10-25(3,4)21-14-22(26)19(13-20(21)24)17-7-5-16-12-18(23(27)28)8-6-15(16)11-17/h6-9,12-15H,10-11H2,1-5H3,(H,27,28);5-8,11-14H,9-10H2,1-4H3,(H,27,28). The first-order chi connectivity index (χ1) is 26.7. The lowest BCUT2D eigenvalue weighted by molar-refractivity contribution is 0.0686. The smallest absolute Gasteiger partial charge is 0.335 e. The molecule has 6 aromatic carbocycles. The monoisotopic (exact) mass is 780 g/mol. The Morgan fingerprint density at radius 2 is 0.842 bits per heavy atom. The SMILES string of the molecule is CC1(C)CCC(C)(C)c2cc(-c3ccc4cc(C(=O)O)ccc4c3)c(Cl)cc21.COc1cc2c(cc1-c1ccc3cc(C(=O)O)ccc3c1)C(C)(C)CCC2(C)C. The van der Waals surface area contributed by atoms with Gasteiger partial charge >= 0.3 is 11.9 Å². The van der Waals surface area contributed by atoms with Crippen LogP contribution in [0.5, 0.6) is 5.75 Å². The highest BCUT2D eigenvalue weighted by Crippen LogP contribution is 2.50. The van der Waals surface area contributed by atoms with E-state index in [1.807, 2.05) is 30.3 Å². The average molecular weight is 781 g/mol. The lowest BCUT2D eigenvalue weighted by Crippen LogP contribution is -2.33. The Morgan fingerprint density at radius 3 is 1.26 bits per heavy atom. The van der Waals surface area contributed by atoms with Crippen LogP contribution in [0.4, 0.5) is 0 Å². The van der Waals surface area contributed by atoms with E-state index >= 15 is 0 Å². The summed E-state index contributed by atoms with van der Waals surface area (Å²) in [7, 11) is 1.73. The summed E-state index contributed by atoms with van der Waals surface area (Å²) in [5.74, 6) is -0.929. The van der Waals surface area contributed by atoms with Gasteiger partial charge in [0, 0.05) is 16.1 Å². The van der Waals surface area contributed by atoms with Gasteiger partial charge in [-0.1, -0.05) is 103 Å². The molecule has 0 spiro atoms. The molecule has 2 aliphatic rings. The van der Waals surface area contributed by atoms with Crippen molar-refractivity contribution in [3.63, 3.8) is 0 Å². The van der Waals surface area contributed by atoms with Gasteiger partial charge in [0.25, 0.3) is 0 Å². The van der Waals surface area contributed by atoms with Crippen molar-refractivity contribution in [2.24, 2.45) is 0 Å². The minimum atomic E-state index is -0.909. The molecule has 294 valence electrons. The number of carboxylic acid groups (broad SMARTS) is 2. The molecule has 0 heterocycles. The maximum Gasteiger partial charge on any atom is 0.335 e. The average Bonchev–Trinajstić information content (AvgIpc) is 3.17. The van der Waals surface area contributed by atoms with Crippen molar-refractivity contribution in [1.29, 1.82) is 0 Å². The van der Waals surface area contributed by atoms with Crippen LogP contribution in [-0.2, 0) is 21.7 Å². The molecule has 0 amide bonds. The molecule has 0 saturated carbocycles. The van der Waals surface area contributed by atoms with Crippen LogP contribution in [0.3, 0.4) is 0 Å². The summed E-state index contributed by atoms with van der Waals surface area (Å²) < 4.78 is 5.81. The molecule has 0 fully saturated rings. The maximum atomic E-state index is 11.2. The molecule has 0 atom stereocenters. The normalized spacial score (nSPS) is 17.2. The van der Waals surface area contributed by atoms with Gasteiger partial charge in [0.15, 0.2) is 0 Å². The second-order valence-corrected chi connectivity index (χ2v) is 19.1. The second kappa shape index (κ2) is 14.4. The highest BCUT2D eigenvalue weighted by atomic mass is 35.5. The molecule has 2 aliphatic carbocycles. The highest BCUT2D eigenvalue weighted by molar-refractivity contribution is 6.33. The molecular weight excluding hydrogens is 728 g/mol. The molecule has 57 heavy (non-hydrogen) atoms. The van der Waals surface area contributed by atoms with E-state index in [1.54, 1.807) is 31.4 Å². The van der Waals surface area contributed by atoms with E-state index in [0.717, 1.165) is 80.3 Å². The lowest BCUT2D eigenvalue weighted by atomic mass is 9.62. The van der Waals surface area contributed by atoms with E-state index in [2.05, 4.69) is 97.9 Å². The van der Waals surface area contributed by atoms with Gasteiger partial charge in [-0.05, 0) is 163 Å². The molecule has 0 bridgehead atoms. The van der Waals surface area contributed by atoms with Crippen LogP contribution in [0.2, 0.25) is 5.02 Å². The van der Waals surface area contributed by atoms with Gasteiger partial charge in [-0.15, -0.1) is 0 Å². The van der Waals surface area contributed by atoms with Crippen molar-refractivity contribution in [3.8, 4) is 28.0 Å². The summed E-state index contributed by atoms with van der Waals surface area (Å²) in [5.41, 5.74) is 10.9. The van der Waals surface area contributed by atoms with Crippen LogP contribution < -0.4 is 4.74 Å².